The Morgan fingerprint density at radius 1 is 1.53 bits per heavy atom. The number of nitrogens with zero attached hydrogens (tertiary/aromatic N) is 3. The topological polar surface area (TPSA) is 180 Å². The van der Waals surface area contributed by atoms with Crippen LogP contribution in [0.15, 0.2) is 22.0 Å². The number of nitrogen functional groups attached to an aromatic ring is 1. The van der Waals surface area contributed by atoms with Gasteiger partial charge in [-0.05, 0) is 6.92 Å². The number of aliphatic hydroxyl groups is 1. The van der Waals surface area contributed by atoms with Crippen LogP contribution in [0.3, 0.4) is 0 Å². The summed E-state index contributed by atoms with van der Waals surface area (Å²) in [5, 5.41) is 29.7. The molecular weight excluding hydrogens is 469 g/mol. The number of fused-ring (bicyclic) bond motifs is 1. The fraction of sp³-hybridized carbons (Fsp3) is 0.500. The molecule has 0 aromatic carbocycles. The molecule has 2 aliphatic heterocycles. The quantitative estimate of drug-likeness (QED) is 0.140. The van der Waals surface area contributed by atoms with E-state index in [4.69, 9.17) is 15.3 Å². The van der Waals surface area contributed by atoms with Crippen molar-refractivity contribution in [3.63, 3.8) is 0 Å². The Morgan fingerprint density at radius 3 is 2.69 bits per heavy atom. The molecule has 0 bridgehead atoms. The zero-order valence-corrected chi connectivity index (χ0v) is 22.2. The van der Waals surface area contributed by atoms with Gasteiger partial charge in [-0.15, -0.1) is 11.3 Å². The minimum absolute atomic E-state index is 0. The summed E-state index contributed by atoms with van der Waals surface area (Å²) in [7, 11) is 1.27. The van der Waals surface area contributed by atoms with Gasteiger partial charge in [-0.3, -0.25) is 14.5 Å². The average molecular weight is 492 g/mol. The van der Waals surface area contributed by atoms with Crippen LogP contribution >= 0.6 is 11.3 Å². The Kier molecular flexibility index (Phi) is 8.47. The van der Waals surface area contributed by atoms with E-state index in [9.17, 15) is 24.6 Å². The molecule has 4 N–H and O–H groups in total. The van der Waals surface area contributed by atoms with Crippen LogP contribution in [0.25, 0.3) is 0 Å². The molecule has 0 radical (unpaired) electrons. The van der Waals surface area contributed by atoms with E-state index in [1.54, 1.807) is 19.2 Å². The maximum absolute atomic E-state index is 12.7. The van der Waals surface area contributed by atoms with Gasteiger partial charge in [0.2, 0.25) is 5.91 Å². The third-order valence-electron chi connectivity index (χ3n) is 4.96. The largest absolute Gasteiger partial charge is 1.00 e. The van der Waals surface area contributed by atoms with E-state index < -0.39 is 47.1 Å². The molecule has 0 unspecified atom stereocenters. The fourth-order valence-corrected chi connectivity index (χ4v) is 3.96. The molecule has 3 atom stereocenters. The average Bonchev–Trinajstić information content (AvgIpc) is 3.25. The molecule has 0 spiro atoms. The number of rotatable bonds is 8. The van der Waals surface area contributed by atoms with Crippen LogP contribution in [0, 0.1) is 11.3 Å². The number of aliphatic carboxylic acids is 1. The number of nitrogens with one attached hydrogen (secondary N) is 1. The number of hydrogen-bond donors (Lipinski definition) is 3. The van der Waals surface area contributed by atoms with Gasteiger partial charge in [0.25, 0.3) is 5.91 Å². The van der Waals surface area contributed by atoms with Crippen molar-refractivity contribution in [3.05, 3.63) is 22.5 Å². The van der Waals surface area contributed by atoms with Crippen molar-refractivity contribution in [2.75, 3.05) is 19.4 Å². The first-order valence-electron chi connectivity index (χ1n) is 9.24. The first kappa shape index (κ1) is 26.7. The summed E-state index contributed by atoms with van der Waals surface area (Å²) in [5.74, 6) is -3.70. The van der Waals surface area contributed by atoms with Crippen molar-refractivity contribution in [1.82, 2.24) is 15.2 Å². The van der Waals surface area contributed by atoms with Crippen LogP contribution in [0.2, 0.25) is 0 Å². The summed E-state index contributed by atoms with van der Waals surface area (Å²) in [4.78, 5) is 46.4. The smallest absolute Gasteiger partial charge is 0.543 e. The molecule has 1 aromatic rings. The van der Waals surface area contributed by atoms with E-state index in [0.29, 0.717) is 0 Å². The SMILES string of the molecule is CO/N=C(/C(=O)NCC(C)(C)C1=C(C(=O)[O-])N2C(=O)[C@H]([C@@H](C)O)[C@H]2O1)c1csc(N)n1.[K+]. The monoisotopic (exact) mass is 491 g/mol. The van der Waals surface area contributed by atoms with E-state index in [2.05, 4.69) is 15.5 Å². The van der Waals surface area contributed by atoms with Gasteiger partial charge < -0.3 is 35.6 Å². The number of nitrogens with two attached hydrogens (primary N) is 1. The number of anilines is 1. The van der Waals surface area contributed by atoms with Gasteiger partial charge in [-0.1, -0.05) is 19.0 Å². The minimum Gasteiger partial charge on any atom is -0.543 e. The normalized spacial score (nSPS) is 21.2. The number of thiazole rings is 1. The number of aromatic nitrogens is 1. The maximum Gasteiger partial charge on any atom is 1.00 e. The van der Waals surface area contributed by atoms with Gasteiger partial charge in [0.1, 0.15) is 30.2 Å². The summed E-state index contributed by atoms with van der Waals surface area (Å²) >= 11 is 1.13. The van der Waals surface area contributed by atoms with Crippen LogP contribution in [0.1, 0.15) is 26.5 Å². The molecule has 3 rings (SSSR count). The molecular formula is C18H22KN5O7S. The van der Waals surface area contributed by atoms with E-state index in [-0.39, 0.29) is 80.2 Å². The Labute approximate surface area is 230 Å². The van der Waals surface area contributed by atoms with Gasteiger partial charge in [0.15, 0.2) is 17.1 Å². The maximum atomic E-state index is 12.7. The van der Waals surface area contributed by atoms with Gasteiger partial charge in [-0.25, -0.2) is 4.98 Å². The van der Waals surface area contributed by atoms with Crippen molar-refractivity contribution < 1.29 is 85.6 Å². The van der Waals surface area contributed by atoms with Crippen molar-refractivity contribution in [2.45, 2.75) is 33.1 Å². The molecule has 1 saturated heterocycles. The Balaban J connectivity index is 0.00000363. The zero-order chi connectivity index (χ0) is 23.1. The number of hydrogen-bond acceptors (Lipinski definition) is 11. The molecule has 12 nitrogen and oxygen atoms in total. The number of amides is 2. The predicted molar refractivity (Wildman–Crippen MR) is 106 cm³/mol. The minimum atomic E-state index is -1.59. The van der Waals surface area contributed by atoms with Crippen molar-refractivity contribution in [1.29, 1.82) is 0 Å². The second-order valence-corrected chi connectivity index (χ2v) is 8.60. The molecule has 1 fully saturated rings. The van der Waals surface area contributed by atoms with Crippen molar-refractivity contribution in [3.8, 4) is 0 Å². The summed E-state index contributed by atoms with van der Waals surface area (Å²) in [6.45, 7) is 4.61. The first-order chi connectivity index (χ1) is 14.5. The van der Waals surface area contributed by atoms with E-state index in [1.165, 1.54) is 14.0 Å². The number of carboxylic acids is 1. The second kappa shape index (κ2) is 10.2. The van der Waals surface area contributed by atoms with Crippen molar-refractivity contribution in [2.24, 2.45) is 16.5 Å². The van der Waals surface area contributed by atoms with Crippen LogP contribution in [0.4, 0.5) is 5.13 Å². The van der Waals surface area contributed by atoms with Gasteiger partial charge in [0.05, 0.1) is 12.1 Å². The number of aliphatic hydroxyl groups excluding tert-OH is 1. The standard InChI is InChI=1S/C18H23N5O7S.K/c1-7(24)9-14(26)23-11(16(27)28)12(30-15(9)23)18(2,3)6-20-13(25)10(22-29-4)8-5-31-17(19)21-8;/h5,7,9,15,24H,6H2,1-4H3,(H2,19,21)(H,20,25)(H,27,28);/q;+1/p-1/b22-10+;/t7-,9+,15-;/m1./s1. The van der Waals surface area contributed by atoms with Crippen LogP contribution in [-0.2, 0) is 24.0 Å². The van der Waals surface area contributed by atoms with Crippen LogP contribution in [-0.4, -0.2) is 64.5 Å². The zero-order valence-electron chi connectivity index (χ0n) is 18.2. The van der Waals surface area contributed by atoms with Crippen molar-refractivity contribution >= 4 is 40.0 Å². The molecule has 168 valence electrons. The van der Waals surface area contributed by atoms with Gasteiger partial charge >= 0.3 is 51.4 Å². The third kappa shape index (κ3) is 4.85. The fourth-order valence-electron chi connectivity index (χ4n) is 3.41. The van der Waals surface area contributed by atoms with E-state index in [0.717, 1.165) is 16.2 Å². The Morgan fingerprint density at radius 2 is 2.19 bits per heavy atom. The first-order valence-corrected chi connectivity index (χ1v) is 10.1. The van der Waals surface area contributed by atoms with E-state index in [1.807, 2.05) is 0 Å². The van der Waals surface area contributed by atoms with E-state index >= 15 is 0 Å². The van der Waals surface area contributed by atoms with Crippen LogP contribution in [0.5, 0.6) is 0 Å². The molecule has 1 aromatic heterocycles. The number of carboxylic acid groups (broad SMARTS) is 1. The summed E-state index contributed by atoms with van der Waals surface area (Å²) in [6.07, 6.45) is -1.95. The molecule has 2 amide bonds. The number of carbonyl (C=O) groups is 3. The predicted octanol–water partition coefficient (Wildman–Crippen LogP) is -4.62. The second-order valence-electron chi connectivity index (χ2n) is 7.71. The molecule has 2 aliphatic rings. The Hall–Kier alpha value is -1.55. The molecule has 0 saturated carbocycles. The third-order valence-corrected chi connectivity index (χ3v) is 5.63. The molecule has 14 heteroatoms. The number of carbonyl (C=O) groups excluding carboxylic acids is 3. The number of ether oxygens (including phenoxy) is 1. The number of oxime groups is 1. The summed E-state index contributed by atoms with van der Waals surface area (Å²) < 4.78 is 5.74. The molecule has 3 heterocycles. The van der Waals surface area contributed by atoms with Gasteiger partial charge in [-0.2, -0.15) is 0 Å². The Bertz CT molecular complexity index is 990. The molecule has 32 heavy (non-hydrogen) atoms. The van der Waals surface area contributed by atoms with Crippen LogP contribution < -0.4 is 67.5 Å². The van der Waals surface area contributed by atoms with Gasteiger partial charge in [0, 0.05) is 17.3 Å². The summed E-state index contributed by atoms with van der Waals surface area (Å²) in [6, 6.07) is 0. The number of β-lactam (4-membered cyclic amide) rings is 1. The molecule has 0 aliphatic carbocycles. The summed E-state index contributed by atoms with van der Waals surface area (Å²) in [5.41, 5.74) is 4.25.